The summed E-state index contributed by atoms with van der Waals surface area (Å²) in [5.74, 6) is -6.14. The van der Waals surface area contributed by atoms with E-state index in [0.29, 0.717) is 12.8 Å². The van der Waals surface area contributed by atoms with E-state index in [9.17, 15) is 75.7 Å². The van der Waals surface area contributed by atoms with Gasteiger partial charge in [0.05, 0.1) is 50.7 Å². The van der Waals surface area contributed by atoms with Gasteiger partial charge in [-0.1, -0.05) is 212 Å². The fourth-order valence-electron chi connectivity index (χ4n) is 11.8. The Labute approximate surface area is 518 Å². The van der Waals surface area contributed by atoms with Crippen molar-refractivity contribution in [1.29, 1.82) is 0 Å². The summed E-state index contributed by atoms with van der Waals surface area (Å²) in [4.78, 5) is 38.5. The highest BCUT2D eigenvalue weighted by Crippen LogP contribution is 2.39. The molecule has 23 nitrogen and oxygen atoms in total. The number of aliphatic hydroxyl groups excluding tert-OH is 11. The molecule has 3 aliphatic rings. The number of hydrogen-bond acceptors (Lipinski definition) is 20. The van der Waals surface area contributed by atoms with E-state index in [1.165, 1.54) is 148 Å². The first-order valence-corrected chi connectivity index (χ1v) is 33.6. The highest BCUT2D eigenvalue weighted by atomic mass is 16.8. The molecule has 0 spiro atoms. The van der Waals surface area contributed by atoms with Crippen molar-refractivity contribution in [2.24, 2.45) is 0 Å². The molecule has 510 valence electrons. The first-order valence-electron chi connectivity index (χ1n) is 33.6. The van der Waals surface area contributed by atoms with Gasteiger partial charge in [0.15, 0.2) is 12.6 Å². The Kier molecular flexibility index (Phi) is 41.3. The van der Waals surface area contributed by atoms with Crippen LogP contribution in [-0.2, 0) is 42.8 Å². The maximum atomic E-state index is 13.4. The summed E-state index contributed by atoms with van der Waals surface area (Å²) in [7, 11) is 0. The molecule has 3 fully saturated rings. The monoisotopic (exact) mass is 1250 g/mol. The van der Waals surface area contributed by atoms with Crippen LogP contribution >= 0.6 is 0 Å². The van der Waals surface area contributed by atoms with Gasteiger partial charge in [0.25, 0.3) is 5.79 Å². The van der Waals surface area contributed by atoms with Crippen LogP contribution in [0.5, 0.6) is 0 Å². The van der Waals surface area contributed by atoms with Gasteiger partial charge in [-0.15, -0.1) is 0 Å². The number of rotatable bonds is 50. The Morgan fingerprint density at radius 2 is 1.07 bits per heavy atom. The third kappa shape index (κ3) is 28.9. The minimum atomic E-state index is -3.08. The SMILES string of the molecule is CCCCCCCCCCCCCC=C[C@@H](O)[C@H](CO[C@@H]1O[C@H](CO)[C@@H](O[C@@H]2O[C@H](CO)[C@H](O)[C@H](O[C@]3(C(=O)O)C[C@H](O)[C@@H](NC(C)=O)C([C@H](O)[C@H](O)CO)O3)[C@H]2O)[C@H](O)[C@H]1O)NC(=O)CCCCCCCCCCCCCCCCCCCCCC. The molecule has 2 amide bonds. The summed E-state index contributed by atoms with van der Waals surface area (Å²) in [6, 6.07) is -2.61. The zero-order valence-corrected chi connectivity index (χ0v) is 52.9. The van der Waals surface area contributed by atoms with Crippen molar-refractivity contribution >= 4 is 17.8 Å². The van der Waals surface area contributed by atoms with Gasteiger partial charge in [-0.05, 0) is 19.3 Å². The summed E-state index contributed by atoms with van der Waals surface area (Å²) < 4.78 is 34.7. The molecule has 3 saturated heterocycles. The highest BCUT2D eigenvalue weighted by molar-refractivity contribution is 5.77. The number of carbonyl (C=O) groups is 3. The third-order valence-corrected chi connectivity index (χ3v) is 17.2. The molecule has 0 aromatic heterocycles. The van der Waals surface area contributed by atoms with Crippen molar-refractivity contribution in [2.45, 2.75) is 349 Å². The molecule has 0 aromatic rings. The summed E-state index contributed by atoms with van der Waals surface area (Å²) in [6.45, 7) is 2.13. The van der Waals surface area contributed by atoms with Crippen LogP contribution in [0.25, 0.3) is 0 Å². The van der Waals surface area contributed by atoms with E-state index in [-0.39, 0.29) is 12.3 Å². The predicted molar refractivity (Wildman–Crippen MR) is 325 cm³/mol. The fraction of sp³-hybridized carbons (Fsp3) is 0.922. The van der Waals surface area contributed by atoms with Crippen molar-refractivity contribution < 1.29 is 104 Å². The lowest BCUT2D eigenvalue weighted by atomic mass is 9.88. The maximum absolute atomic E-state index is 13.4. The second-order valence-electron chi connectivity index (χ2n) is 24.7. The number of aliphatic hydroxyl groups is 11. The Balaban J connectivity index is 1.61. The van der Waals surface area contributed by atoms with Gasteiger partial charge in [-0.2, -0.15) is 0 Å². The second-order valence-corrected chi connectivity index (χ2v) is 24.7. The second kappa shape index (κ2) is 45.7. The molecule has 0 aliphatic carbocycles. The van der Waals surface area contributed by atoms with Gasteiger partial charge in [-0.25, -0.2) is 4.79 Å². The van der Waals surface area contributed by atoms with E-state index < -0.39 is 155 Å². The first kappa shape index (κ1) is 78.7. The molecule has 0 aromatic carbocycles. The van der Waals surface area contributed by atoms with Crippen molar-refractivity contribution in [3.63, 3.8) is 0 Å². The van der Waals surface area contributed by atoms with Crippen LogP contribution in [0, 0.1) is 0 Å². The summed E-state index contributed by atoms with van der Waals surface area (Å²) in [5, 5.41) is 136. The van der Waals surface area contributed by atoms with E-state index in [0.717, 1.165) is 51.9 Å². The number of nitrogens with one attached hydrogen (secondary N) is 2. The minimum absolute atomic E-state index is 0.205. The number of carboxylic acid groups (broad SMARTS) is 1. The minimum Gasteiger partial charge on any atom is -0.477 e. The van der Waals surface area contributed by atoms with Gasteiger partial charge >= 0.3 is 5.97 Å². The molecule has 14 N–H and O–H groups in total. The molecule has 18 atom stereocenters. The number of aliphatic carboxylic acids is 1. The average molecular weight is 1250 g/mol. The van der Waals surface area contributed by atoms with E-state index >= 15 is 0 Å². The zero-order chi connectivity index (χ0) is 64.0. The topological polar surface area (TPSA) is 373 Å². The normalized spacial score (nSPS) is 29.2. The van der Waals surface area contributed by atoms with Crippen LogP contribution in [0.1, 0.15) is 239 Å². The van der Waals surface area contributed by atoms with Crippen LogP contribution in [0.15, 0.2) is 12.2 Å². The molecule has 0 saturated carbocycles. The number of carbonyl (C=O) groups excluding carboxylic acids is 2. The average Bonchev–Trinajstić information content (AvgIpc) is 1.65. The largest absolute Gasteiger partial charge is 0.477 e. The summed E-state index contributed by atoms with van der Waals surface area (Å²) in [5.41, 5.74) is 0. The Morgan fingerprint density at radius 3 is 1.53 bits per heavy atom. The Bertz CT molecular complexity index is 1820. The zero-order valence-electron chi connectivity index (χ0n) is 52.9. The van der Waals surface area contributed by atoms with E-state index in [1.54, 1.807) is 6.08 Å². The number of allylic oxidation sites excluding steroid dienone is 1. The van der Waals surface area contributed by atoms with Crippen LogP contribution in [0.3, 0.4) is 0 Å². The lowest BCUT2D eigenvalue weighted by Gasteiger charge is -2.50. The number of hydrogen-bond donors (Lipinski definition) is 14. The Hall–Kier alpha value is -2.53. The molecule has 3 aliphatic heterocycles. The highest BCUT2D eigenvalue weighted by Gasteiger charge is 2.60. The first-order chi connectivity index (χ1) is 41.9. The smallest absolute Gasteiger partial charge is 0.364 e. The molecule has 1 unspecified atom stereocenters. The van der Waals surface area contributed by atoms with Crippen LogP contribution in [0.2, 0.25) is 0 Å². The molecular weight excluding hydrogens is 1130 g/mol. The molecule has 87 heavy (non-hydrogen) atoms. The fourth-order valence-corrected chi connectivity index (χ4v) is 11.8. The van der Waals surface area contributed by atoms with Gasteiger partial charge in [-0.3, -0.25) is 9.59 Å². The van der Waals surface area contributed by atoms with Gasteiger partial charge < -0.3 is 100 Å². The predicted octanol–water partition coefficient (Wildman–Crippen LogP) is 5.12. The van der Waals surface area contributed by atoms with Crippen molar-refractivity contribution in [1.82, 2.24) is 10.6 Å². The number of carboxylic acids is 1. The van der Waals surface area contributed by atoms with E-state index in [4.69, 9.17) is 28.4 Å². The molecular formula is C64H118N2O21. The quantitative estimate of drug-likeness (QED) is 0.0278. The molecule has 0 bridgehead atoms. The lowest BCUT2D eigenvalue weighted by molar-refractivity contribution is -0.386. The molecule has 3 rings (SSSR count). The van der Waals surface area contributed by atoms with E-state index in [1.807, 2.05) is 6.08 Å². The van der Waals surface area contributed by atoms with Crippen LogP contribution in [0.4, 0.5) is 0 Å². The molecule has 23 heteroatoms. The van der Waals surface area contributed by atoms with Gasteiger partial charge in [0, 0.05) is 19.8 Å². The van der Waals surface area contributed by atoms with Gasteiger partial charge in [0.2, 0.25) is 11.8 Å². The van der Waals surface area contributed by atoms with Crippen molar-refractivity contribution in [3.05, 3.63) is 12.2 Å². The van der Waals surface area contributed by atoms with Crippen LogP contribution < -0.4 is 10.6 Å². The van der Waals surface area contributed by atoms with Crippen LogP contribution in [-0.4, -0.2) is 215 Å². The molecule has 0 radical (unpaired) electrons. The lowest BCUT2D eigenvalue weighted by Crippen LogP contribution is -2.70. The van der Waals surface area contributed by atoms with Crippen molar-refractivity contribution in [3.8, 4) is 0 Å². The number of amides is 2. The molecule has 3 heterocycles. The third-order valence-electron chi connectivity index (χ3n) is 17.2. The van der Waals surface area contributed by atoms with E-state index in [2.05, 4.69) is 24.5 Å². The standard InChI is InChI=1S/C64H118N2O21/c1-4-6-8-10-12-14-16-18-19-20-21-22-23-24-26-28-30-32-34-36-38-51(74)66-45(46(71)37-35-33-31-29-27-25-17-15-13-11-9-7-5-2)43-82-61-56(78)55(77)58(50(42-69)84-61)85-62-57(79)60(54(76)49(41-68)83-62)87-64(63(80)81)39-47(72)52(65-44(3)70)59(86-64)53(75)48(73)40-67/h35,37,45-50,52-62,67-69,71-73,75-79H,4-34,36,38-43H2,1-3H3,(H,65,70)(H,66,74)(H,80,81)/t45-,46+,47-,48+,49+,50+,52+,53+,54-,55+,56+,57+,58+,59?,60-,61+,62-,64-/m0/s1. The summed E-state index contributed by atoms with van der Waals surface area (Å²) >= 11 is 0. The number of ether oxygens (including phenoxy) is 6. The maximum Gasteiger partial charge on any atom is 0.364 e. The van der Waals surface area contributed by atoms with Crippen molar-refractivity contribution in [2.75, 3.05) is 26.4 Å². The Morgan fingerprint density at radius 1 is 0.598 bits per heavy atom. The summed E-state index contributed by atoms with van der Waals surface area (Å²) in [6.07, 6.45) is 12.6. The van der Waals surface area contributed by atoms with Gasteiger partial charge in [0.1, 0.15) is 67.1 Å². The number of unbranched alkanes of at least 4 members (excludes halogenated alkanes) is 30.